The third-order valence-corrected chi connectivity index (χ3v) is 1.51. The zero-order chi connectivity index (χ0) is 9.68. The summed E-state index contributed by atoms with van der Waals surface area (Å²) in [5.74, 6) is 0. The normalized spacial score (nSPS) is 9.46. The Morgan fingerprint density at radius 2 is 1.92 bits per heavy atom. The molecule has 0 bridgehead atoms. The van der Waals surface area contributed by atoms with Crippen molar-refractivity contribution in [2.24, 2.45) is 0 Å². The molecule has 0 aliphatic rings. The number of fused-ring (bicyclic) bond motifs is 1. The Morgan fingerprint density at radius 1 is 1.23 bits per heavy atom. The van der Waals surface area contributed by atoms with Gasteiger partial charge >= 0.3 is 0 Å². The highest BCUT2D eigenvalue weighted by atomic mass is 15.5. The van der Waals surface area contributed by atoms with Crippen LogP contribution in [0.2, 0.25) is 0 Å². The average Bonchev–Trinajstić information content (AvgIpc) is 2.63. The Kier molecular flexibility index (Phi) is 3.37. The highest BCUT2D eigenvalue weighted by Gasteiger charge is 1.97. The summed E-state index contributed by atoms with van der Waals surface area (Å²) in [5.41, 5.74) is 1.76. The molecule has 0 saturated carbocycles. The molecule has 0 fully saturated rings. The van der Waals surface area contributed by atoms with Crippen LogP contribution in [0.4, 0.5) is 0 Å². The Balaban J connectivity index is 0.000000396. The lowest BCUT2D eigenvalue weighted by Crippen LogP contribution is -1.97. The first-order valence-electron chi connectivity index (χ1n) is 4.55. The van der Waals surface area contributed by atoms with E-state index in [-0.39, 0.29) is 0 Å². The number of rotatable bonds is 1. The molecule has 0 unspecified atom stereocenters. The smallest absolute Gasteiger partial charge is 0.131 e. The predicted molar refractivity (Wildman–Crippen MR) is 52.3 cm³/mol. The summed E-state index contributed by atoms with van der Waals surface area (Å²) >= 11 is 0. The minimum absolute atomic E-state index is 0.800. The van der Waals surface area contributed by atoms with E-state index in [1.165, 1.54) is 0 Å². The van der Waals surface area contributed by atoms with Gasteiger partial charge in [0.2, 0.25) is 0 Å². The van der Waals surface area contributed by atoms with Crippen LogP contribution in [0.5, 0.6) is 0 Å². The lowest BCUT2D eigenvalue weighted by Gasteiger charge is -1.85. The summed E-state index contributed by atoms with van der Waals surface area (Å²) in [7, 11) is 0. The molecule has 0 spiro atoms. The molecular weight excluding hydrogens is 164 g/mol. The molecule has 0 aliphatic carbocycles. The largest absolute Gasteiger partial charge is 0.262 e. The Bertz CT molecular complexity index is 333. The van der Waals surface area contributed by atoms with Gasteiger partial charge in [0, 0.05) is 6.20 Å². The summed E-state index contributed by atoms with van der Waals surface area (Å²) in [5, 5.41) is 8.37. The molecule has 2 rings (SSSR count). The molecule has 4 nitrogen and oxygen atoms in total. The first-order chi connectivity index (χ1) is 6.40. The maximum atomic E-state index is 4.20. The predicted octanol–water partition coefficient (Wildman–Crippen LogP) is 1.87. The van der Waals surface area contributed by atoms with Crippen LogP contribution in [-0.2, 0) is 6.54 Å². The van der Waals surface area contributed by atoms with Crippen LogP contribution in [0.25, 0.3) is 11.0 Å². The van der Waals surface area contributed by atoms with E-state index in [4.69, 9.17) is 0 Å². The number of nitrogens with zero attached hydrogens (tertiary/aromatic N) is 4. The Hall–Kier alpha value is -1.45. The van der Waals surface area contributed by atoms with Crippen LogP contribution in [0, 0.1) is 0 Å². The second kappa shape index (κ2) is 4.54. The second-order valence-electron chi connectivity index (χ2n) is 2.25. The van der Waals surface area contributed by atoms with E-state index in [9.17, 15) is 0 Å². The van der Waals surface area contributed by atoms with Gasteiger partial charge in [-0.15, -0.1) is 0 Å². The molecule has 2 heterocycles. The average molecular weight is 178 g/mol. The third-order valence-electron chi connectivity index (χ3n) is 1.51. The summed E-state index contributed by atoms with van der Waals surface area (Å²) < 4.78 is 0. The third kappa shape index (κ3) is 2.02. The summed E-state index contributed by atoms with van der Waals surface area (Å²) in [6.45, 7) is 6.81. The van der Waals surface area contributed by atoms with E-state index < -0.39 is 0 Å². The molecule has 0 N–H and O–H groups in total. The van der Waals surface area contributed by atoms with Gasteiger partial charge in [-0.05, 0) is 13.0 Å². The van der Waals surface area contributed by atoms with Crippen LogP contribution >= 0.6 is 0 Å². The van der Waals surface area contributed by atoms with E-state index in [0.717, 1.165) is 17.6 Å². The van der Waals surface area contributed by atoms with Crippen molar-refractivity contribution in [3.63, 3.8) is 0 Å². The molecule has 0 radical (unpaired) electrons. The summed E-state index contributed by atoms with van der Waals surface area (Å²) in [4.78, 5) is 5.60. The molecule has 70 valence electrons. The van der Waals surface area contributed by atoms with E-state index >= 15 is 0 Å². The van der Waals surface area contributed by atoms with Gasteiger partial charge in [0.25, 0.3) is 0 Å². The molecule has 13 heavy (non-hydrogen) atoms. The molecule has 0 atom stereocenters. The van der Waals surface area contributed by atoms with Gasteiger partial charge in [0.05, 0.1) is 12.7 Å². The van der Waals surface area contributed by atoms with Crippen molar-refractivity contribution in [3.8, 4) is 0 Å². The van der Waals surface area contributed by atoms with Crippen molar-refractivity contribution in [2.45, 2.75) is 27.3 Å². The summed E-state index contributed by atoms with van der Waals surface area (Å²) in [6, 6.07) is 1.86. The number of aromatic nitrogens is 4. The number of pyridine rings is 1. The van der Waals surface area contributed by atoms with Crippen LogP contribution in [0.1, 0.15) is 20.8 Å². The maximum Gasteiger partial charge on any atom is 0.131 e. The number of aryl methyl sites for hydroxylation is 1. The van der Waals surface area contributed by atoms with E-state index in [0.29, 0.717) is 0 Å². The van der Waals surface area contributed by atoms with Crippen LogP contribution < -0.4 is 0 Å². The van der Waals surface area contributed by atoms with Gasteiger partial charge in [0.15, 0.2) is 0 Å². The highest BCUT2D eigenvalue weighted by molar-refractivity contribution is 5.71. The van der Waals surface area contributed by atoms with Gasteiger partial charge < -0.3 is 0 Å². The topological polar surface area (TPSA) is 43.6 Å². The molecule has 0 aromatic carbocycles. The molecule has 2 aromatic rings. The second-order valence-corrected chi connectivity index (χ2v) is 2.25. The van der Waals surface area contributed by atoms with Gasteiger partial charge in [0.1, 0.15) is 11.0 Å². The van der Waals surface area contributed by atoms with Crippen molar-refractivity contribution in [2.75, 3.05) is 0 Å². The van der Waals surface area contributed by atoms with Crippen LogP contribution in [-0.4, -0.2) is 20.0 Å². The van der Waals surface area contributed by atoms with E-state index in [2.05, 4.69) is 15.2 Å². The van der Waals surface area contributed by atoms with Crippen molar-refractivity contribution in [1.82, 2.24) is 20.0 Å². The molecular formula is C9H14N4. The maximum absolute atomic E-state index is 4.20. The fourth-order valence-electron chi connectivity index (χ4n) is 0.953. The Labute approximate surface area is 77.6 Å². The van der Waals surface area contributed by atoms with Gasteiger partial charge in [-0.3, -0.25) is 4.98 Å². The van der Waals surface area contributed by atoms with Crippen LogP contribution in [0.3, 0.4) is 0 Å². The molecule has 0 aliphatic heterocycles. The molecule has 0 amide bonds. The fraction of sp³-hybridized carbons (Fsp3) is 0.444. The quantitative estimate of drug-likeness (QED) is 0.669. The molecule has 2 aromatic heterocycles. The van der Waals surface area contributed by atoms with Crippen molar-refractivity contribution < 1.29 is 0 Å². The Morgan fingerprint density at radius 3 is 2.54 bits per heavy atom. The molecule has 4 heteroatoms. The van der Waals surface area contributed by atoms with Gasteiger partial charge in [-0.2, -0.15) is 15.0 Å². The first kappa shape index (κ1) is 9.64. The van der Waals surface area contributed by atoms with Crippen molar-refractivity contribution in [1.29, 1.82) is 0 Å². The SMILES string of the molecule is CC.CCn1nc2ccncc2n1. The zero-order valence-corrected chi connectivity index (χ0v) is 8.23. The lowest BCUT2D eigenvalue weighted by atomic mass is 10.4. The minimum atomic E-state index is 0.800. The first-order valence-corrected chi connectivity index (χ1v) is 4.55. The fourth-order valence-corrected chi connectivity index (χ4v) is 0.953. The van der Waals surface area contributed by atoms with E-state index in [1.54, 1.807) is 17.2 Å². The number of hydrogen-bond acceptors (Lipinski definition) is 3. The van der Waals surface area contributed by atoms with Crippen molar-refractivity contribution in [3.05, 3.63) is 18.5 Å². The monoisotopic (exact) mass is 178 g/mol. The zero-order valence-electron chi connectivity index (χ0n) is 8.23. The van der Waals surface area contributed by atoms with E-state index in [1.807, 2.05) is 26.8 Å². The number of hydrogen-bond donors (Lipinski definition) is 0. The van der Waals surface area contributed by atoms with Crippen molar-refractivity contribution >= 4 is 11.0 Å². The van der Waals surface area contributed by atoms with Gasteiger partial charge in [-0.1, -0.05) is 13.8 Å². The lowest BCUT2D eigenvalue weighted by molar-refractivity contribution is 0.578. The minimum Gasteiger partial charge on any atom is -0.262 e. The van der Waals surface area contributed by atoms with Crippen LogP contribution in [0.15, 0.2) is 18.5 Å². The molecule has 0 saturated heterocycles. The van der Waals surface area contributed by atoms with Gasteiger partial charge in [-0.25, -0.2) is 0 Å². The highest BCUT2D eigenvalue weighted by Crippen LogP contribution is 2.04. The summed E-state index contributed by atoms with van der Waals surface area (Å²) in [6.07, 6.45) is 3.44. The standard InChI is InChI=1S/C7H8N4.C2H6/c1-2-11-9-6-3-4-8-5-7(6)10-11;1-2/h3-5H,2H2,1H3;1-2H3.